The molecule has 0 saturated heterocycles. The minimum atomic E-state index is -0.468. The van der Waals surface area contributed by atoms with Crippen LogP contribution in [0.2, 0.25) is 0 Å². The van der Waals surface area contributed by atoms with Crippen molar-refractivity contribution >= 4 is 21.8 Å². The van der Waals surface area contributed by atoms with E-state index in [4.69, 9.17) is 5.73 Å². The summed E-state index contributed by atoms with van der Waals surface area (Å²) in [7, 11) is 0. The van der Waals surface area contributed by atoms with E-state index >= 15 is 0 Å². The summed E-state index contributed by atoms with van der Waals surface area (Å²) in [4.78, 5) is 11.3. The number of aryl methyl sites for hydroxylation is 1. The standard InChI is InChI=1S/C11H10BrN3O/c1-7-4-5-15(14-7)10-3-2-8(12)6-9(10)11(13)16/h2-6H,1H3,(H2,13,16). The highest BCUT2D eigenvalue weighted by Gasteiger charge is 2.10. The van der Waals surface area contributed by atoms with Crippen molar-refractivity contribution in [3.8, 4) is 5.69 Å². The van der Waals surface area contributed by atoms with Gasteiger partial charge in [0, 0.05) is 10.7 Å². The van der Waals surface area contributed by atoms with Crippen LogP contribution >= 0.6 is 15.9 Å². The zero-order chi connectivity index (χ0) is 11.7. The van der Waals surface area contributed by atoms with Gasteiger partial charge in [0.05, 0.1) is 16.9 Å². The Morgan fingerprint density at radius 2 is 2.19 bits per heavy atom. The van der Waals surface area contributed by atoms with E-state index in [1.54, 1.807) is 23.0 Å². The molecule has 0 radical (unpaired) electrons. The van der Waals surface area contributed by atoms with E-state index in [0.29, 0.717) is 11.3 Å². The van der Waals surface area contributed by atoms with Crippen molar-refractivity contribution in [3.63, 3.8) is 0 Å². The molecule has 0 spiro atoms. The minimum Gasteiger partial charge on any atom is -0.366 e. The Morgan fingerprint density at radius 1 is 1.44 bits per heavy atom. The second-order valence-electron chi connectivity index (χ2n) is 3.43. The monoisotopic (exact) mass is 279 g/mol. The molecule has 0 fully saturated rings. The first kappa shape index (κ1) is 10.9. The first-order valence-electron chi connectivity index (χ1n) is 4.70. The molecular weight excluding hydrogens is 270 g/mol. The van der Waals surface area contributed by atoms with Gasteiger partial charge in [-0.1, -0.05) is 15.9 Å². The summed E-state index contributed by atoms with van der Waals surface area (Å²) in [6, 6.07) is 7.21. The quantitative estimate of drug-likeness (QED) is 0.915. The maximum atomic E-state index is 11.3. The van der Waals surface area contributed by atoms with Crippen LogP contribution in [0.5, 0.6) is 0 Å². The lowest BCUT2D eigenvalue weighted by Gasteiger charge is -2.07. The van der Waals surface area contributed by atoms with Crippen molar-refractivity contribution in [3.05, 3.63) is 46.2 Å². The Labute approximate surface area is 101 Å². The van der Waals surface area contributed by atoms with E-state index < -0.39 is 5.91 Å². The Morgan fingerprint density at radius 3 is 2.75 bits per heavy atom. The number of hydrogen-bond acceptors (Lipinski definition) is 2. The molecule has 0 saturated carbocycles. The Bertz CT molecular complexity index is 548. The van der Waals surface area contributed by atoms with Crippen LogP contribution < -0.4 is 5.73 Å². The summed E-state index contributed by atoms with van der Waals surface area (Å²) in [6.45, 7) is 1.89. The lowest BCUT2D eigenvalue weighted by atomic mass is 10.1. The molecule has 16 heavy (non-hydrogen) atoms. The molecular formula is C11H10BrN3O. The highest BCUT2D eigenvalue weighted by Crippen LogP contribution is 2.19. The number of primary amides is 1. The fourth-order valence-corrected chi connectivity index (χ4v) is 1.82. The lowest BCUT2D eigenvalue weighted by Crippen LogP contribution is -2.15. The second kappa shape index (κ2) is 4.09. The number of nitrogens with two attached hydrogens (primary N) is 1. The predicted octanol–water partition coefficient (Wildman–Crippen LogP) is 2.04. The highest BCUT2D eigenvalue weighted by molar-refractivity contribution is 9.10. The Balaban J connectivity index is 2.60. The normalized spacial score (nSPS) is 10.4. The number of carbonyl (C=O) groups is 1. The zero-order valence-electron chi connectivity index (χ0n) is 8.64. The molecule has 1 aromatic heterocycles. The van der Waals surface area contributed by atoms with Gasteiger partial charge in [-0.15, -0.1) is 0 Å². The van der Waals surface area contributed by atoms with E-state index in [2.05, 4.69) is 21.0 Å². The molecule has 4 nitrogen and oxygen atoms in total. The number of carbonyl (C=O) groups excluding carboxylic acids is 1. The van der Waals surface area contributed by atoms with E-state index in [0.717, 1.165) is 10.2 Å². The van der Waals surface area contributed by atoms with Gasteiger partial charge in [0.25, 0.3) is 5.91 Å². The molecule has 1 heterocycles. The van der Waals surface area contributed by atoms with Gasteiger partial charge in [-0.05, 0) is 31.2 Å². The van der Waals surface area contributed by atoms with Crippen molar-refractivity contribution in [2.45, 2.75) is 6.92 Å². The number of aromatic nitrogens is 2. The molecule has 0 unspecified atom stereocenters. The summed E-state index contributed by atoms with van der Waals surface area (Å²) in [6.07, 6.45) is 1.80. The molecule has 5 heteroatoms. The first-order valence-corrected chi connectivity index (χ1v) is 5.49. The number of benzene rings is 1. The summed E-state index contributed by atoms with van der Waals surface area (Å²) in [5.41, 5.74) is 7.34. The summed E-state index contributed by atoms with van der Waals surface area (Å²) >= 11 is 3.30. The average molecular weight is 280 g/mol. The minimum absolute atomic E-state index is 0.442. The van der Waals surface area contributed by atoms with Crippen LogP contribution in [0.4, 0.5) is 0 Å². The largest absolute Gasteiger partial charge is 0.366 e. The molecule has 82 valence electrons. The predicted molar refractivity (Wildman–Crippen MR) is 64.5 cm³/mol. The third-order valence-corrected chi connectivity index (χ3v) is 2.69. The SMILES string of the molecule is Cc1ccn(-c2ccc(Br)cc2C(N)=O)n1. The maximum absolute atomic E-state index is 11.3. The van der Waals surface area contributed by atoms with E-state index in [1.165, 1.54) is 0 Å². The van der Waals surface area contributed by atoms with Gasteiger partial charge in [-0.2, -0.15) is 5.10 Å². The fraction of sp³-hybridized carbons (Fsp3) is 0.0909. The van der Waals surface area contributed by atoms with Crippen LogP contribution in [0, 0.1) is 6.92 Å². The Hall–Kier alpha value is -1.62. The number of nitrogens with zero attached hydrogens (tertiary/aromatic N) is 2. The Kier molecular flexibility index (Phi) is 2.78. The van der Waals surface area contributed by atoms with Gasteiger partial charge >= 0.3 is 0 Å². The van der Waals surface area contributed by atoms with E-state index in [-0.39, 0.29) is 0 Å². The molecule has 0 aliphatic heterocycles. The van der Waals surface area contributed by atoms with Crippen molar-refractivity contribution in [2.24, 2.45) is 5.73 Å². The van der Waals surface area contributed by atoms with Crippen LogP contribution in [0.25, 0.3) is 5.69 Å². The molecule has 2 N–H and O–H groups in total. The van der Waals surface area contributed by atoms with Crippen LogP contribution in [-0.2, 0) is 0 Å². The molecule has 0 aliphatic carbocycles. The van der Waals surface area contributed by atoms with E-state index in [9.17, 15) is 4.79 Å². The molecule has 2 rings (SSSR count). The van der Waals surface area contributed by atoms with Gasteiger partial charge < -0.3 is 5.73 Å². The molecule has 1 aromatic carbocycles. The number of halogens is 1. The van der Waals surface area contributed by atoms with Crippen molar-refractivity contribution in [1.29, 1.82) is 0 Å². The summed E-state index contributed by atoms with van der Waals surface area (Å²) in [5, 5.41) is 4.25. The summed E-state index contributed by atoms with van der Waals surface area (Å²) in [5.74, 6) is -0.468. The van der Waals surface area contributed by atoms with Crippen molar-refractivity contribution in [1.82, 2.24) is 9.78 Å². The molecule has 0 aliphatic rings. The van der Waals surface area contributed by atoms with Crippen LogP contribution in [0.3, 0.4) is 0 Å². The van der Waals surface area contributed by atoms with Crippen molar-refractivity contribution < 1.29 is 4.79 Å². The number of hydrogen-bond donors (Lipinski definition) is 1. The second-order valence-corrected chi connectivity index (χ2v) is 4.34. The van der Waals surface area contributed by atoms with Crippen LogP contribution in [0.1, 0.15) is 16.1 Å². The fourth-order valence-electron chi connectivity index (χ4n) is 1.45. The first-order chi connectivity index (χ1) is 7.58. The van der Waals surface area contributed by atoms with Gasteiger partial charge in [0.15, 0.2) is 0 Å². The zero-order valence-corrected chi connectivity index (χ0v) is 10.2. The number of amides is 1. The third kappa shape index (κ3) is 1.99. The molecule has 0 bridgehead atoms. The summed E-state index contributed by atoms with van der Waals surface area (Å²) < 4.78 is 2.45. The molecule has 0 atom stereocenters. The van der Waals surface area contributed by atoms with Gasteiger partial charge in [0.1, 0.15) is 0 Å². The molecule has 2 aromatic rings. The van der Waals surface area contributed by atoms with Crippen molar-refractivity contribution in [2.75, 3.05) is 0 Å². The van der Waals surface area contributed by atoms with Gasteiger partial charge in [-0.3, -0.25) is 4.79 Å². The van der Waals surface area contributed by atoms with E-state index in [1.807, 2.05) is 19.1 Å². The van der Waals surface area contributed by atoms with Crippen LogP contribution in [-0.4, -0.2) is 15.7 Å². The highest BCUT2D eigenvalue weighted by atomic mass is 79.9. The van der Waals surface area contributed by atoms with Gasteiger partial charge in [0.2, 0.25) is 0 Å². The molecule has 1 amide bonds. The third-order valence-electron chi connectivity index (χ3n) is 2.19. The van der Waals surface area contributed by atoms with Crippen LogP contribution in [0.15, 0.2) is 34.9 Å². The number of rotatable bonds is 2. The topological polar surface area (TPSA) is 60.9 Å². The average Bonchev–Trinajstić information content (AvgIpc) is 2.64. The lowest BCUT2D eigenvalue weighted by molar-refractivity contribution is 0.1000. The smallest absolute Gasteiger partial charge is 0.250 e. The van der Waals surface area contributed by atoms with Gasteiger partial charge in [-0.25, -0.2) is 4.68 Å². The maximum Gasteiger partial charge on any atom is 0.250 e.